The first-order valence-corrected chi connectivity index (χ1v) is 8.52. The molecule has 0 saturated heterocycles. The maximum absolute atomic E-state index is 12.5. The number of thiocarbonyl (C=S) groups is 1. The summed E-state index contributed by atoms with van der Waals surface area (Å²) in [6, 6.07) is 7.96. The molecule has 0 saturated carbocycles. The van der Waals surface area contributed by atoms with Crippen LogP contribution in [0, 0.1) is 17.2 Å². The second-order valence-electron chi connectivity index (χ2n) is 7.19. The van der Waals surface area contributed by atoms with Crippen LogP contribution in [0.15, 0.2) is 18.2 Å². The zero-order chi connectivity index (χ0) is 17.9. The van der Waals surface area contributed by atoms with Crippen molar-refractivity contribution in [3.05, 3.63) is 23.8 Å². The van der Waals surface area contributed by atoms with Crippen molar-refractivity contribution in [2.24, 2.45) is 5.92 Å². The summed E-state index contributed by atoms with van der Waals surface area (Å²) in [6.07, 6.45) is 1.62. The Balaban J connectivity index is 2.29. The van der Waals surface area contributed by atoms with Gasteiger partial charge in [-0.25, -0.2) is 0 Å². The van der Waals surface area contributed by atoms with Crippen LogP contribution in [0.5, 0.6) is 0 Å². The van der Waals surface area contributed by atoms with Crippen molar-refractivity contribution in [2.45, 2.75) is 46.1 Å². The second-order valence-corrected chi connectivity index (χ2v) is 7.60. The largest absolute Gasteiger partial charge is 0.358 e. The maximum Gasteiger partial charge on any atom is 0.230 e. The van der Waals surface area contributed by atoms with E-state index in [0.29, 0.717) is 5.11 Å². The second kappa shape index (κ2) is 7.18. The molecule has 1 aromatic carbocycles. The van der Waals surface area contributed by atoms with Gasteiger partial charge in [-0.1, -0.05) is 13.0 Å². The lowest BCUT2D eigenvalue weighted by atomic mass is 10.0. The van der Waals surface area contributed by atoms with Gasteiger partial charge in [0.1, 0.15) is 6.54 Å². The molecule has 0 bridgehead atoms. The monoisotopic (exact) mass is 344 g/mol. The standard InChI is InChI=1S/C18H24N4OS/c1-12-5-6-13-7-8-14(20-17(24)21-18(2,3)4)11-15(13)22(10-9-19)16(12)23/h7-8,11-12H,5-6,10H2,1-4H3,(H2,20,21,24). The lowest BCUT2D eigenvalue weighted by Gasteiger charge is -2.25. The van der Waals surface area contributed by atoms with Crippen molar-refractivity contribution in [3.8, 4) is 6.07 Å². The number of hydrogen-bond donors (Lipinski definition) is 2. The minimum absolute atomic E-state index is 0.00263. The average Bonchev–Trinajstić information content (AvgIpc) is 2.58. The SMILES string of the molecule is CC1CCc2ccc(NC(=S)NC(C)(C)C)cc2N(CC#N)C1=O. The van der Waals surface area contributed by atoms with Crippen molar-refractivity contribution in [1.82, 2.24) is 5.32 Å². The highest BCUT2D eigenvalue weighted by atomic mass is 32.1. The molecule has 2 N–H and O–H groups in total. The number of benzene rings is 1. The lowest BCUT2D eigenvalue weighted by molar-refractivity contribution is -0.121. The van der Waals surface area contributed by atoms with E-state index >= 15 is 0 Å². The molecule has 1 atom stereocenters. The molecule has 1 aliphatic rings. The Morgan fingerprint density at radius 2 is 2.17 bits per heavy atom. The molecule has 1 unspecified atom stereocenters. The van der Waals surface area contributed by atoms with Crippen molar-refractivity contribution >= 4 is 34.6 Å². The molecule has 1 aliphatic heterocycles. The zero-order valence-electron chi connectivity index (χ0n) is 14.6. The van der Waals surface area contributed by atoms with Crippen LogP contribution in [0.2, 0.25) is 0 Å². The summed E-state index contributed by atoms with van der Waals surface area (Å²) in [5, 5.41) is 16.0. The number of rotatable bonds is 2. The molecule has 1 heterocycles. The summed E-state index contributed by atoms with van der Waals surface area (Å²) in [5.74, 6) is -0.0753. The van der Waals surface area contributed by atoms with Gasteiger partial charge in [-0.15, -0.1) is 0 Å². The Morgan fingerprint density at radius 1 is 1.46 bits per heavy atom. The van der Waals surface area contributed by atoms with Crippen LogP contribution in [0.4, 0.5) is 11.4 Å². The molecule has 0 fully saturated rings. The summed E-state index contributed by atoms with van der Waals surface area (Å²) >= 11 is 5.33. The third kappa shape index (κ3) is 4.45. The third-order valence-corrected chi connectivity index (χ3v) is 4.09. The number of nitrogens with zero attached hydrogens (tertiary/aromatic N) is 2. The quantitative estimate of drug-likeness (QED) is 0.637. The highest BCUT2D eigenvalue weighted by Gasteiger charge is 2.27. The molecular weight excluding hydrogens is 320 g/mol. The van der Waals surface area contributed by atoms with E-state index in [1.807, 2.05) is 45.9 Å². The fraction of sp³-hybridized carbons (Fsp3) is 0.500. The van der Waals surface area contributed by atoms with Crippen LogP contribution >= 0.6 is 12.2 Å². The van der Waals surface area contributed by atoms with Gasteiger partial charge in [-0.3, -0.25) is 9.69 Å². The number of aryl methyl sites for hydroxylation is 1. The number of anilines is 2. The van der Waals surface area contributed by atoms with E-state index in [4.69, 9.17) is 17.5 Å². The van der Waals surface area contributed by atoms with E-state index in [0.717, 1.165) is 29.8 Å². The molecule has 24 heavy (non-hydrogen) atoms. The van der Waals surface area contributed by atoms with Crippen LogP contribution in [0.25, 0.3) is 0 Å². The van der Waals surface area contributed by atoms with Crippen LogP contribution in [0.1, 0.15) is 39.7 Å². The van der Waals surface area contributed by atoms with Gasteiger partial charge in [0, 0.05) is 17.1 Å². The van der Waals surface area contributed by atoms with Gasteiger partial charge in [0.15, 0.2) is 5.11 Å². The number of amides is 1. The van der Waals surface area contributed by atoms with Gasteiger partial charge >= 0.3 is 0 Å². The fourth-order valence-electron chi connectivity index (χ4n) is 2.72. The lowest BCUT2D eigenvalue weighted by Crippen LogP contribution is -2.43. The number of fused-ring (bicyclic) bond motifs is 1. The first-order chi connectivity index (χ1) is 11.2. The first kappa shape index (κ1) is 18.2. The van der Waals surface area contributed by atoms with Gasteiger partial charge in [0.25, 0.3) is 0 Å². The van der Waals surface area contributed by atoms with E-state index in [1.54, 1.807) is 4.90 Å². The van der Waals surface area contributed by atoms with Crippen LogP contribution in [0.3, 0.4) is 0 Å². The summed E-state index contributed by atoms with van der Waals surface area (Å²) in [4.78, 5) is 14.1. The Kier molecular flexibility index (Phi) is 5.45. The summed E-state index contributed by atoms with van der Waals surface area (Å²) in [7, 11) is 0. The normalized spacial score (nSPS) is 17.5. The minimum Gasteiger partial charge on any atom is -0.358 e. The number of hydrogen-bond acceptors (Lipinski definition) is 3. The molecule has 0 aromatic heterocycles. The van der Waals surface area contributed by atoms with Gasteiger partial charge in [-0.2, -0.15) is 5.26 Å². The predicted octanol–water partition coefficient (Wildman–Crippen LogP) is 3.21. The molecule has 6 heteroatoms. The molecule has 0 aliphatic carbocycles. The van der Waals surface area contributed by atoms with Crippen molar-refractivity contribution in [1.29, 1.82) is 5.26 Å². The highest BCUT2D eigenvalue weighted by Crippen LogP contribution is 2.31. The van der Waals surface area contributed by atoms with E-state index < -0.39 is 0 Å². The Hall–Kier alpha value is -2.13. The Bertz CT molecular complexity index is 687. The van der Waals surface area contributed by atoms with Crippen molar-refractivity contribution in [2.75, 3.05) is 16.8 Å². The zero-order valence-corrected chi connectivity index (χ0v) is 15.5. The smallest absolute Gasteiger partial charge is 0.230 e. The number of nitrogens with one attached hydrogen (secondary N) is 2. The molecule has 2 rings (SSSR count). The number of carbonyl (C=O) groups is 1. The van der Waals surface area contributed by atoms with Crippen LogP contribution in [-0.2, 0) is 11.2 Å². The summed E-state index contributed by atoms with van der Waals surface area (Å²) < 4.78 is 0. The fourth-order valence-corrected chi connectivity index (χ4v) is 3.15. The first-order valence-electron chi connectivity index (χ1n) is 8.11. The Labute approximate surface area is 149 Å². The maximum atomic E-state index is 12.5. The molecule has 5 nitrogen and oxygen atoms in total. The van der Waals surface area contributed by atoms with Crippen molar-refractivity contribution in [3.63, 3.8) is 0 Å². The van der Waals surface area contributed by atoms with Crippen LogP contribution < -0.4 is 15.5 Å². The summed E-state index contributed by atoms with van der Waals surface area (Å²) in [6.45, 7) is 8.08. The predicted molar refractivity (Wildman–Crippen MR) is 101 cm³/mol. The van der Waals surface area contributed by atoms with E-state index in [9.17, 15) is 4.79 Å². The topological polar surface area (TPSA) is 68.2 Å². The van der Waals surface area contributed by atoms with Gasteiger partial charge in [0.2, 0.25) is 5.91 Å². The van der Waals surface area contributed by atoms with Crippen molar-refractivity contribution < 1.29 is 4.79 Å². The highest BCUT2D eigenvalue weighted by molar-refractivity contribution is 7.80. The third-order valence-electron chi connectivity index (χ3n) is 3.89. The molecule has 1 aromatic rings. The molecule has 0 radical (unpaired) electrons. The summed E-state index contributed by atoms with van der Waals surface area (Å²) in [5.41, 5.74) is 2.56. The molecular formula is C18H24N4OS. The van der Waals surface area contributed by atoms with Gasteiger partial charge in [0.05, 0.1) is 11.8 Å². The minimum atomic E-state index is -0.131. The Morgan fingerprint density at radius 3 is 2.79 bits per heavy atom. The van der Waals surface area contributed by atoms with E-state index in [-0.39, 0.29) is 23.9 Å². The molecule has 1 amide bonds. The average molecular weight is 344 g/mol. The number of carbonyl (C=O) groups excluding carboxylic acids is 1. The van der Waals surface area contributed by atoms with Gasteiger partial charge in [-0.05, 0) is 63.5 Å². The molecule has 0 spiro atoms. The number of nitriles is 1. The van der Waals surface area contributed by atoms with E-state index in [1.165, 1.54) is 0 Å². The van der Waals surface area contributed by atoms with Crippen LogP contribution in [-0.4, -0.2) is 23.1 Å². The van der Waals surface area contributed by atoms with Gasteiger partial charge < -0.3 is 10.6 Å². The molecule has 128 valence electrons. The van der Waals surface area contributed by atoms with E-state index in [2.05, 4.69) is 16.7 Å².